The van der Waals surface area contributed by atoms with Gasteiger partial charge in [-0.2, -0.15) is 4.98 Å². The molecule has 0 fully saturated rings. The highest BCUT2D eigenvalue weighted by Gasteiger charge is 2.14. The Labute approximate surface area is 127 Å². The van der Waals surface area contributed by atoms with Gasteiger partial charge in [-0.3, -0.25) is 9.69 Å². The van der Waals surface area contributed by atoms with Crippen LogP contribution in [0.4, 0.5) is 0 Å². The fraction of sp³-hybridized carbons (Fsp3) is 0.357. The quantitative estimate of drug-likeness (QED) is 0.763. The van der Waals surface area contributed by atoms with E-state index in [-0.39, 0.29) is 12.5 Å². The van der Waals surface area contributed by atoms with Crippen LogP contribution in [0.25, 0.3) is 11.5 Å². The normalized spacial score (nSPS) is 10.9. The molecular formula is C14H16ClN3O3. The van der Waals surface area contributed by atoms with Crippen molar-refractivity contribution in [1.82, 2.24) is 15.0 Å². The van der Waals surface area contributed by atoms with Crippen LogP contribution in [-0.2, 0) is 16.1 Å². The van der Waals surface area contributed by atoms with Gasteiger partial charge in [0.15, 0.2) is 5.82 Å². The lowest BCUT2D eigenvalue weighted by molar-refractivity contribution is -0.144. The van der Waals surface area contributed by atoms with Gasteiger partial charge in [0.25, 0.3) is 5.89 Å². The van der Waals surface area contributed by atoms with Crippen molar-refractivity contribution in [1.29, 1.82) is 0 Å². The first-order valence-corrected chi connectivity index (χ1v) is 6.89. The average Bonchev–Trinajstić information content (AvgIpc) is 2.87. The van der Waals surface area contributed by atoms with Crippen molar-refractivity contribution < 1.29 is 14.1 Å². The van der Waals surface area contributed by atoms with Gasteiger partial charge in [0, 0.05) is 0 Å². The van der Waals surface area contributed by atoms with E-state index >= 15 is 0 Å². The molecule has 0 unspecified atom stereocenters. The molecule has 0 radical (unpaired) electrons. The second-order valence-corrected chi connectivity index (χ2v) is 4.88. The summed E-state index contributed by atoms with van der Waals surface area (Å²) in [6.07, 6.45) is 0. The number of nitrogens with zero attached hydrogens (tertiary/aromatic N) is 3. The highest BCUT2D eigenvalue weighted by molar-refractivity contribution is 6.33. The smallest absolute Gasteiger partial charge is 0.320 e. The number of esters is 1. The lowest BCUT2D eigenvalue weighted by atomic mass is 10.2. The molecule has 1 aromatic heterocycles. The van der Waals surface area contributed by atoms with Crippen molar-refractivity contribution in [2.45, 2.75) is 13.5 Å². The standard InChI is InChI=1S/C14H16ClN3O3/c1-3-20-13(19)9-18(2)8-12-16-14(21-17-12)10-6-4-5-7-11(10)15/h4-7H,3,8-9H2,1-2H3. The maximum Gasteiger partial charge on any atom is 0.320 e. The van der Waals surface area contributed by atoms with Gasteiger partial charge in [0.1, 0.15) is 0 Å². The first kappa shape index (κ1) is 15.5. The second kappa shape index (κ2) is 7.19. The molecule has 0 spiro atoms. The zero-order valence-corrected chi connectivity index (χ0v) is 12.6. The number of likely N-dealkylation sites (N-methyl/N-ethyl adjacent to an activating group) is 1. The van der Waals surface area contributed by atoms with Gasteiger partial charge in [-0.15, -0.1) is 0 Å². The van der Waals surface area contributed by atoms with Crippen LogP contribution in [0.15, 0.2) is 28.8 Å². The van der Waals surface area contributed by atoms with Crippen LogP contribution in [0.5, 0.6) is 0 Å². The molecule has 0 aliphatic heterocycles. The zero-order valence-electron chi connectivity index (χ0n) is 11.9. The fourth-order valence-electron chi connectivity index (χ4n) is 1.79. The average molecular weight is 310 g/mol. The zero-order chi connectivity index (χ0) is 15.2. The Bertz CT molecular complexity index is 615. The number of halogens is 1. The van der Waals surface area contributed by atoms with Crippen LogP contribution in [0.3, 0.4) is 0 Å². The molecule has 2 aromatic rings. The van der Waals surface area contributed by atoms with Crippen LogP contribution in [0.2, 0.25) is 5.02 Å². The van der Waals surface area contributed by atoms with Gasteiger partial charge in [0.05, 0.1) is 30.3 Å². The molecule has 0 amide bonds. The molecule has 0 atom stereocenters. The van der Waals surface area contributed by atoms with E-state index in [1.165, 1.54) is 0 Å². The van der Waals surface area contributed by atoms with Crippen molar-refractivity contribution in [2.75, 3.05) is 20.2 Å². The molecule has 0 bridgehead atoms. The van der Waals surface area contributed by atoms with Crippen LogP contribution in [0.1, 0.15) is 12.7 Å². The molecule has 112 valence electrons. The maximum atomic E-state index is 11.4. The molecule has 7 heteroatoms. The Hall–Kier alpha value is -1.92. The third-order valence-corrected chi connectivity index (χ3v) is 3.02. The third kappa shape index (κ3) is 4.27. The van der Waals surface area contributed by atoms with Gasteiger partial charge < -0.3 is 9.26 Å². The van der Waals surface area contributed by atoms with Crippen LogP contribution < -0.4 is 0 Å². The number of ether oxygens (including phenoxy) is 1. The number of carbonyl (C=O) groups excluding carboxylic acids is 1. The van der Waals surface area contributed by atoms with Crippen LogP contribution in [-0.4, -0.2) is 41.2 Å². The summed E-state index contributed by atoms with van der Waals surface area (Å²) in [6, 6.07) is 7.24. The van der Waals surface area contributed by atoms with E-state index in [1.807, 2.05) is 18.2 Å². The minimum atomic E-state index is -0.283. The summed E-state index contributed by atoms with van der Waals surface area (Å²) in [7, 11) is 1.78. The van der Waals surface area contributed by atoms with E-state index in [9.17, 15) is 4.79 Å². The minimum Gasteiger partial charge on any atom is -0.465 e. The van der Waals surface area contributed by atoms with Gasteiger partial charge in [-0.25, -0.2) is 0 Å². The number of aromatic nitrogens is 2. The maximum absolute atomic E-state index is 11.4. The van der Waals surface area contributed by atoms with Crippen molar-refractivity contribution in [3.63, 3.8) is 0 Å². The van der Waals surface area contributed by atoms with E-state index in [1.54, 1.807) is 24.9 Å². The molecule has 2 rings (SSSR count). The summed E-state index contributed by atoms with van der Waals surface area (Å²) < 4.78 is 10.1. The summed E-state index contributed by atoms with van der Waals surface area (Å²) in [5, 5.41) is 4.44. The highest BCUT2D eigenvalue weighted by Crippen LogP contribution is 2.25. The number of benzene rings is 1. The predicted octanol–water partition coefficient (Wildman–Crippen LogP) is 2.38. The molecule has 6 nitrogen and oxygen atoms in total. The number of hydrogen-bond donors (Lipinski definition) is 0. The van der Waals surface area contributed by atoms with Crippen LogP contribution >= 0.6 is 11.6 Å². The Balaban J connectivity index is 2.00. The van der Waals surface area contributed by atoms with E-state index in [4.69, 9.17) is 20.9 Å². The lowest BCUT2D eigenvalue weighted by Gasteiger charge is -2.12. The molecule has 0 aliphatic rings. The predicted molar refractivity (Wildman–Crippen MR) is 77.7 cm³/mol. The van der Waals surface area contributed by atoms with Crippen LogP contribution in [0, 0.1) is 0 Å². The lowest BCUT2D eigenvalue weighted by Crippen LogP contribution is -2.27. The minimum absolute atomic E-state index is 0.170. The molecule has 0 aliphatic carbocycles. The molecule has 0 N–H and O–H groups in total. The third-order valence-electron chi connectivity index (χ3n) is 2.69. The molecular weight excluding hydrogens is 294 g/mol. The molecule has 1 heterocycles. The Morgan fingerprint density at radius 1 is 1.43 bits per heavy atom. The number of hydrogen-bond acceptors (Lipinski definition) is 6. The Morgan fingerprint density at radius 2 is 2.19 bits per heavy atom. The summed E-state index contributed by atoms with van der Waals surface area (Å²) in [5.41, 5.74) is 0.686. The monoisotopic (exact) mass is 309 g/mol. The Morgan fingerprint density at radius 3 is 2.90 bits per heavy atom. The summed E-state index contributed by atoms with van der Waals surface area (Å²) in [6.45, 7) is 2.69. The fourth-order valence-corrected chi connectivity index (χ4v) is 2.00. The van der Waals surface area contributed by atoms with Crippen molar-refractivity contribution in [3.8, 4) is 11.5 Å². The highest BCUT2D eigenvalue weighted by atomic mass is 35.5. The second-order valence-electron chi connectivity index (χ2n) is 4.47. The summed E-state index contributed by atoms with van der Waals surface area (Å²) in [5.74, 6) is 0.562. The first-order chi connectivity index (χ1) is 10.1. The van der Waals surface area contributed by atoms with Gasteiger partial charge >= 0.3 is 5.97 Å². The van der Waals surface area contributed by atoms with Crippen molar-refractivity contribution in [2.24, 2.45) is 0 Å². The van der Waals surface area contributed by atoms with E-state index in [0.29, 0.717) is 35.5 Å². The van der Waals surface area contributed by atoms with E-state index in [2.05, 4.69) is 10.1 Å². The van der Waals surface area contributed by atoms with E-state index < -0.39 is 0 Å². The summed E-state index contributed by atoms with van der Waals surface area (Å²) >= 11 is 6.08. The first-order valence-electron chi connectivity index (χ1n) is 6.51. The molecule has 0 saturated carbocycles. The molecule has 1 aromatic carbocycles. The largest absolute Gasteiger partial charge is 0.465 e. The van der Waals surface area contributed by atoms with Crippen molar-refractivity contribution >= 4 is 17.6 Å². The van der Waals surface area contributed by atoms with Gasteiger partial charge in [0.2, 0.25) is 0 Å². The van der Waals surface area contributed by atoms with Gasteiger partial charge in [-0.05, 0) is 26.1 Å². The molecule has 21 heavy (non-hydrogen) atoms. The number of carbonyl (C=O) groups is 1. The SMILES string of the molecule is CCOC(=O)CN(C)Cc1noc(-c2ccccc2Cl)n1. The van der Waals surface area contributed by atoms with Crippen molar-refractivity contribution in [3.05, 3.63) is 35.1 Å². The Kier molecular flexibility index (Phi) is 5.30. The summed E-state index contributed by atoms with van der Waals surface area (Å²) in [4.78, 5) is 17.4. The topological polar surface area (TPSA) is 68.5 Å². The van der Waals surface area contributed by atoms with E-state index in [0.717, 1.165) is 0 Å². The van der Waals surface area contributed by atoms with Gasteiger partial charge in [-0.1, -0.05) is 28.9 Å². The molecule has 0 saturated heterocycles. The number of rotatable bonds is 6.